The summed E-state index contributed by atoms with van der Waals surface area (Å²) < 4.78 is 0. The lowest BCUT2D eigenvalue weighted by atomic mass is 10.1. The van der Waals surface area contributed by atoms with E-state index >= 15 is 0 Å². The van der Waals surface area contributed by atoms with Crippen molar-refractivity contribution in [3.63, 3.8) is 0 Å². The standard InChI is InChI=1S/C12H12.C2H4.H2/c1-9-3-5-12-8-10(2)4-6-11(12)7-9;1-2;/h3-8H,1-2H3;1-2H2;1H. The smallest absolute Gasteiger partial charge is 0 e. The van der Waals surface area contributed by atoms with Gasteiger partial charge in [-0.05, 0) is 24.6 Å². The molecule has 0 atom stereocenters. The van der Waals surface area contributed by atoms with Gasteiger partial charge in [0.1, 0.15) is 0 Å². The topological polar surface area (TPSA) is 0 Å². The molecule has 0 radical (unpaired) electrons. The molecule has 0 heteroatoms. The van der Waals surface area contributed by atoms with Gasteiger partial charge in [-0.3, -0.25) is 0 Å². The van der Waals surface area contributed by atoms with E-state index in [1.807, 2.05) is 0 Å². The first-order valence-electron chi connectivity index (χ1n) is 4.73. The van der Waals surface area contributed by atoms with E-state index in [0.29, 0.717) is 0 Å². The number of hydrogen-bond acceptors (Lipinski definition) is 0. The first-order chi connectivity index (χ1) is 6.75. The molecule has 0 spiro atoms. The van der Waals surface area contributed by atoms with E-state index in [1.54, 1.807) is 0 Å². The summed E-state index contributed by atoms with van der Waals surface area (Å²) in [6.45, 7) is 10.2. The van der Waals surface area contributed by atoms with E-state index in [0.717, 1.165) is 0 Å². The summed E-state index contributed by atoms with van der Waals surface area (Å²) >= 11 is 0. The maximum Gasteiger partial charge on any atom is 0 e. The van der Waals surface area contributed by atoms with Crippen molar-refractivity contribution in [2.45, 2.75) is 13.8 Å². The average molecular weight is 186 g/mol. The van der Waals surface area contributed by atoms with Crippen LogP contribution in [0.4, 0.5) is 0 Å². The van der Waals surface area contributed by atoms with E-state index in [2.05, 4.69) is 63.4 Å². The van der Waals surface area contributed by atoms with Gasteiger partial charge in [-0.25, -0.2) is 0 Å². The van der Waals surface area contributed by atoms with Crippen LogP contribution in [-0.2, 0) is 0 Å². The lowest BCUT2D eigenvalue weighted by molar-refractivity contribution is 1.47. The van der Waals surface area contributed by atoms with Crippen LogP contribution in [0.15, 0.2) is 49.6 Å². The third kappa shape index (κ3) is 2.23. The summed E-state index contributed by atoms with van der Waals surface area (Å²) in [5.74, 6) is 0. The minimum absolute atomic E-state index is 0. The van der Waals surface area contributed by atoms with Crippen molar-refractivity contribution in [1.82, 2.24) is 0 Å². The van der Waals surface area contributed by atoms with Gasteiger partial charge in [-0.1, -0.05) is 47.5 Å². The lowest BCUT2D eigenvalue weighted by Gasteiger charge is -1.99. The van der Waals surface area contributed by atoms with Crippen LogP contribution >= 0.6 is 0 Å². The number of benzene rings is 2. The highest BCUT2D eigenvalue weighted by molar-refractivity contribution is 5.83. The Morgan fingerprint density at radius 3 is 1.50 bits per heavy atom. The quantitative estimate of drug-likeness (QED) is 0.531. The summed E-state index contributed by atoms with van der Waals surface area (Å²) in [6, 6.07) is 13.1. The maximum absolute atomic E-state index is 3.00. The van der Waals surface area contributed by atoms with Crippen molar-refractivity contribution < 1.29 is 1.43 Å². The van der Waals surface area contributed by atoms with Crippen molar-refractivity contribution in [2.75, 3.05) is 0 Å². The molecule has 0 bridgehead atoms. The summed E-state index contributed by atoms with van der Waals surface area (Å²) in [5, 5.41) is 2.67. The van der Waals surface area contributed by atoms with Gasteiger partial charge in [-0.15, -0.1) is 13.2 Å². The Labute approximate surface area is 87.4 Å². The second-order valence-electron chi connectivity index (χ2n) is 3.35. The maximum atomic E-state index is 3.00. The van der Waals surface area contributed by atoms with Crippen LogP contribution in [0.25, 0.3) is 10.8 Å². The normalized spacial score (nSPS) is 9.29. The molecule has 0 nitrogen and oxygen atoms in total. The highest BCUT2D eigenvalue weighted by Gasteiger charge is 1.92. The third-order valence-electron chi connectivity index (χ3n) is 2.15. The van der Waals surface area contributed by atoms with E-state index in [4.69, 9.17) is 0 Å². The predicted molar refractivity (Wildman–Crippen MR) is 66.8 cm³/mol. The molecule has 2 rings (SSSR count). The summed E-state index contributed by atoms with van der Waals surface area (Å²) in [5.41, 5.74) is 2.65. The van der Waals surface area contributed by atoms with Gasteiger partial charge in [0, 0.05) is 1.43 Å². The average Bonchev–Trinajstić information content (AvgIpc) is 2.21. The summed E-state index contributed by atoms with van der Waals surface area (Å²) in [4.78, 5) is 0. The highest BCUT2D eigenvalue weighted by atomic mass is 14.0. The highest BCUT2D eigenvalue weighted by Crippen LogP contribution is 2.16. The van der Waals surface area contributed by atoms with Crippen LogP contribution < -0.4 is 0 Å². The zero-order chi connectivity index (χ0) is 10.6. The lowest BCUT2D eigenvalue weighted by Crippen LogP contribution is -1.76. The zero-order valence-electron chi connectivity index (χ0n) is 8.88. The molecule has 0 unspecified atom stereocenters. The van der Waals surface area contributed by atoms with Gasteiger partial charge in [0.15, 0.2) is 0 Å². The first kappa shape index (κ1) is 10.5. The van der Waals surface area contributed by atoms with E-state index < -0.39 is 0 Å². The molecule has 0 saturated carbocycles. The second-order valence-corrected chi connectivity index (χ2v) is 3.35. The number of fused-ring (bicyclic) bond motifs is 1. The zero-order valence-corrected chi connectivity index (χ0v) is 8.88. The SMILES string of the molecule is C=C.Cc1ccc2cc(C)ccc2c1.[HH]. The van der Waals surface area contributed by atoms with Crippen molar-refractivity contribution >= 4 is 10.8 Å². The van der Waals surface area contributed by atoms with Crippen LogP contribution in [0, 0.1) is 13.8 Å². The number of hydrogen-bond donors (Lipinski definition) is 0. The van der Waals surface area contributed by atoms with Crippen LogP contribution in [0.2, 0.25) is 0 Å². The monoisotopic (exact) mass is 186 g/mol. The molecule has 0 saturated heterocycles. The molecule has 2 aromatic carbocycles. The van der Waals surface area contributed by atoms with Crippen LogP contribution in [0.5, 0.6) is 0 Å². The van der Waals surface area contributed by atoms with Crippen molar-refractivity contribution in [3.8, 4) is 0 Å². The minimum atomic E-state index is 0. The second kappa shape index (κ2) is 4.61. The number of aryl methyl sites for hydroxylation is 2. The molecule has 2 aromatic rings. The van der Waals surface area contributed by atoms with E-state index in [1.165, 1.54) is 21.9 Å². The van der Waals surface area contributed by atoms with Crippen LogP contribution in [-0.4, -0.2) is 0 Å². The Hall–Kier alpha value is -1.56. The molecular formula is C14H18. The van der Waals surface area contributed by atoms with Gasteiger partial charge in [0.2, 0.25) is 0 Å². The molecule has 14 heavy (non-hydrogen) atoms. The molecule has 0 aliphatic rings. The van der Waals surface area contributed by atoms with Gasteiger partial charge >= 0.3 is 0 Å². The molecule has 0 N–H and O–H groups in total. The first-order valence-corrected chi connectivity index (χ1v) is 4.73. The van der Waals surface area contributed by atoms with Gasteiger partial charge in [0.25, 0.3) is 0 Å². The fourth-order valence-electron chi connectivity index (χ4n) is 1.48. The third-order valence-corrected chi connectivity index (χ3v) is 2.15. The Morgan fingerprint density at radius 1 is 0.786 bits per heavy atom. The molecule has 74 valence electrons. The van der Waals surface area contributed by atoms with Gasteiger partial charge in [0.05, 0.1) is 0 Å². The van der Waals surface area contributed by atoms with Crippen LogP contribution in [0.1, 0.15) is 12.6 Å². The summed E-state index contributed by atoms with van der Waals surface area (Å²) in [6.07, 6.45) is 0. The van der Waals surface area contributed by atoms with E-state index in [-0.39, 0.29) is 1.43 Å². The Morgan fingerprint density at radius 2 is 1.14 bits per heavy atom. The van der Waals surface area contributed by atoms with Crippen LogP contribution in [0.3, 0.4) is 0 Å². The molecule has 0 fully saturated rings. The fourth-order valence-corrected chi connectivity index (χ4v) is 1.48. The Bertz CT molecular complexity index is 391. The van der Waals surface area contributed by atoms with Gasteiger partial charge < -0.3 is 0 Å². The molecule has 0 aliphatic carbocycles. The van der Waals surface area contributed by atoms with Gasteiger partial charge in [-0.2, -0.15) is 0 Å². The molecule has 0 amide bonds. The predicted octanol–water partition coefficient (Wildman–Crippen LogP) is 4.50. The fraction of sp³-hybridized carbons (Fsp3) is 0.143. The Kier molecular flexibility index (Phi) is 3.47. The van der Waals surface area contributed by atoms with Crippen molar-refractivity contribution in [3.05, 3.63) is 60.7 Å². The molecule has 0 aromatic heterocycles. The van der Waals surface area contributed by atoms with E-state index in [9.17, 15) is 0 Å². The largest absolute Gasteiger partial charge is 0.106 e. The molecular weight excluding hydrogens is 168 g/mol. The number of rotatable bonds is 0. The Balaban J connectivity index is 0.000000617. The molecule has 0 aliphatic heterocycles. The molecule has 0 heterocycles. The van der Waals surface area contributed by atoms with Crippen molar-refractivity contribution in [2.24, 2.45) is 0 Å². The summed E-state index contributed by atoms with van der Waals surface area (Å²) in [7, 11) is 0. The van der Waals surface area contributed by atoms with Crippen molar-refractivity contribution in [1.29, 1.82) is 0 Å². The minimum Gasteiger partial charge on any atom is -0.106 e.